The molecule has 102 valence electrons. The lowest BCUT2D eigenvalue weighted by molar-refractivity contribution is 0.0980. The van der Waals surface area contributed by atoms with Crippen LogP contribution in [0.2, 0.25) is 0 Å². The van der Waals surface area contributed by atoms with E-state index in [1.165, 1.54) is 5.56 Å². The summed E-state index contributed by atoms with van der Waals surface area (Å²) in [5.74, 6) is 0.0434. The molecule has 0 radical (unpaired) electrons. The molecule has 0 aromatic heterocycles. The van der Waals surface area contributed by atoms with Gasteiger partial charge in [-0.2, -0.15) is 0 Å². The fraction of sp³-hybridized carbons (Fsp3) is 0.188. The van der Waals surface area contributed by atoms with E-state index in [1.54, 1.807) is 0 Å². The van der Waals surface area contributed by atoms with E-state index in [1.807, 2.05) is 41.3 Å². The van der Waals surface area contributed by atoms with Crippen molar-refractivity contribution in [1.29, 1.82) is 0 Å². The minimum Gasteiger partial charge on any atom is -0.305 e. The van der Waals surface area contributed by atoms with Crippen LogP contribution in [0.5, 0.6) is 0 Å². The van der Waals surface area contributed by atoms with Crippen molar-refractivity contribution in [3.8, 4) is 0 Å². The van der Waals surface area contributed by atoms with Gasteiger partial charge < -0.3 is 4.90 Å². The van der Waals surface area contributed by atoms with Crippen LogP contribution in [0, 0.1) is 0 Å². The summed E-state index contributed by atoms with van der Waals surface area (Å²) in [6, 6.07) is 14.0. The van der Waals surface area contributed by atoms with Gasteiger partial charge in [0, 0.05) is 20.7 Å². The predicted molar refractivity (Wildman–Crippen MR) is 88.3 cm³/mol. The molecule has 2 nitrogen and oxygen atoms in total. The summed E-state index contributed by atoms with van der Waals surface area (Å²) >= 11 is 6.89. The van der Waals surface area contributed by atoms with Gasteiger partial charge in [0.15, 0.2) is 0 Å². The van der Waals surface area contributed by atoms with E-state index >= 15 is 0 Å². The number of carbonyl (C=O) groups excluding carboxylic acids is 1. The van der Waals surface area contributed by atoms with Crippen LogP contribution in [0.3, 0.4) is 0 Å². The van der Waals surface area contributed by atoms with E-state index in [0.717, 1.165) is 21.1 Å². The molecule has 1 heterocycles. The van der Waals surface area contributed by atoms with Gasteiger partial charge >= 0.3 is 0 Å². The molecule has 0 saturated carbocycles. The molecule has 1 amide bonds. The zero-order valence-corrected chi connectivity index (χ0v) is 14.1. The van der Waals surface area contributed by atoms with E-state index in [2.05, 4.69) is 44.8 Å². The van der Waals surface area contributed by atoms with Gasteiger partial charge in [0.25, 0.3) is 5.91 Å². The van der Waals surface area contributed by atoms with Crippen molar-refractivity contribution in [2.45, 2.75) is 19.4 Å². The average Bonchev–Trinajstić information content (AvgIpc) is 2.73. The summed E-state index contributed by atoms with van der Waals surface area (Å²) < 4.78 is 1.77. The van der Waals surface area contributed by atoms with Crippen molar-refractivity contribution < 1.29 is 4.79 Å². The van der Waals surface area contributed by atoms with Crippen LogP contribution < -0.4 is 4.90 Å². The molecule has 0 fully saturated rings. The smallest absolute Gasteiger partial charge is 0.259 e. The van der Waals surface area contributed by atoms with Crippen LogP contribution in [0.4, 0.5) is 5.69 Å². The zero-order valence-electron chi connectivity index (χ0n) is 10.9. The van der Waals surface area contributed by atoms with Crippen molar-refractivity contribution in [2.75, 3.05) is 4.90 Å². The number of rotatable bonds is 1. The highest BCUT2D eigenvalue weighted by atomic mass is 79.9. The lowest BCUT2D eigenvalue weighted by atomic mass is 10.1. The first-order valence-corrected chi connectivity index (χ1v) is 8.03. The SMILES string of the molecule is CC1Cc2ccccc2N1C(=O)c1ccc(Br)cc1Br. The third-order valence-corrected chi connectivity index (χ3v) is 4.74. The summed E-state index contributed by atoms with van der Waals surface area (Å²) in [7, 11) is 0. The third-order valence-electron chi connectivity index (χ3n) is 3.59. The number of amides is 1. The second-order valence-corrected chi connectivity index (χ2v) is 6.75. The van der Waals surface area contributed by atoms with Gasteiger partial charge in [-0.1, -0.05) is 34.1 Å². The number of hydrogen-bond donors (Lipinski definition) is 0. The fourth-order valence-electron chi connectivity index (χ4n) is 2.67. The zero-order chi connectivity index (χ0) is 14.3. The summed E-state index contributed by atoms with van der Waals surface area (Å²) in [6.45, 7) is 2.09. The largest absolute Gasteiger partial charge is 0.305 e. The van der Waals surface area contributed by atoms with E-state index in [0.29, 0.717) is 5.56 Å². The number of anilines is 1. The summed E-state index contributed by atoms with van der Waals surface area (Å²) in [6.07, 6.45) is 0.913. The van der Waals surface area contributed by atoms with E-state index in [-0.39, 0.29) is 11.9 Å². The Balaban J connectivity index is 2.03. The van der Waals surface area contributed by atoms with E-state index in [4.69, 9.17) is 0 Å². The predicted octanol–water partition coefficient (Wildman–Crippen LogP) is 4.80. The lowest BCUT2D eigenvalue weighted by Gasteiger charge is -2.23. The summed E-state index contributed by atoms with van der Waals surface area (Å²) in [5, 5.41) is 0. The number of carbonyl (C=O) groups is 1. The highest BCUT2D eigenvalue weighted by Crippen LogP contribution is 2.34. The molecule has 4 heteroatoms. The van der Waals surface area contributed by atoms with Gasteiger partial charge in [0.2, 0.25) is 0 Å². The van der Waals surface area contributed by atoms with Crippen molar-refractivity contribution in [3.05, 3.63) is 62.5 Å². The first-order valence-electron chi connectivity index (χ1n) is 6.44. The monoisotopic (exact) mass is 393 g/mol. The molecule has 0 spiro atoms. The number of halogens is 2. The van der Waals surface area contributed by atoms with Crippen LogP contribution in [-0.2, 0) is 6.42 Å². The summed E-state index contributed by atoms with van der Waals surface area (Å²) in [4.78, 5) is 14.7. The van der Waals surface area contributed by atoms with Gasteiger partial charge in [-0.15, -0.1) is 0 Å². The molecule has 3 rings (SSSR count). The Labute approximate surface area is 135 Å². The molecule has 20 heavy (non-hydrogen) atoms. The van der Waals surface area contributed by atoms with Gasteiger partial charge in [0.05, 0.1) is 5.56 Å². The maximum atomic E-state index is 12.8. The second-order valence-electron chi connectivity index (χ2n) is 4.98. The fourth-order valence-corrected chi connectivity index (χ4v) is 3.88. The second kappa shape index (κ2) is 5.34. The Morgan fingerprint density at radius 2 is 1.95 bits per heavy atom. The molecule has 1 aliphatic rings. The molecular weight excluding hydrogens is 382 g/mol. The molecule has 1 unspecified atom stereocenters. The van der Waals surface area contributed by atoms with Crippen molar-refractivity contribution >= 4 is 43.5 Å². The molecule has 0 aliphatic carbocycles. The Hall–Kier alpha value is -1.13. The maximum absolute atomic E-state index is 12.8. The van der Waals surface area contributed by atoms with Gasteiger partial charge in [0.1, 0.15) is 0 Å². The van der Waals surface area contributed by atoms with Crippen LogP contribution in [0.25, 0.3) is 0 Å². The molecule has 0 bridgehead atoms. The molecule has 0 saturated heterocycles. The quantitative estimate of drug-likeness (QED) is 0.680. The number of para-hydroxylation sites is 1. The lowest BCUT2D eigenvalue weighted by Crippen LogP contribution is -2.35. The molecular formula is C16H13Br2NO. The van der Waals surface area contributed by atoms with Crippen molar-refractivity contribution in [2.24, 2.45) is 0 Å². The molecule has 2 aromatic carbocycles. The molecule has 2 aromatic rings. The maximum Gasteiger partial charge on any atom is 0.259 e. The first kappa shape index (κ1) is 13.8. The Kier molecular flexibility index (Phi) is 3.69. The summed E-state index contributed by atoms with van der Waals surface area (Å²) in [5.41, 5.74) is 2.96. The van der Waals surface area contributed by atoms with Gasteiger partial charge in [-0.25, -0.2) is 0 Å². The molecule has 1 aliphatic heterocycles. The Morgan fingerprint density at radius 1 is 1.20 bits per heavy atom. The van der Waals surface area contributed by atoms with Crippen LogP contribution in [0.15, 0.2) is 51.4 Å². The number of benzene rings is 2. The Bertz CT molecular complexity index is 684. The number of fused-ring (bicyclic) bond motifs is 1. The van der Waals surface area contributed by atoms with E-state index < -0.39 is 0 Å². The average molecular weight is 395 g/mol. The van der Waals surface area contributed by atoms with Crippen LogP contribution >= 0.6 is 31.9 Å². The highest BCUT2D eigenvalue weighted by molar-refractivity contribution is 9.11. The number of nitrogens with zero attached hydrogens (tertiary/aromatic N) is 1. The minimum absolute atomic E-state index is 0.0434. The number of hydrogen-bond acceptors (Lipinski definition) is 1. The normalized spacial score (nSPS) is 17.1. The topological polar surface area (TPSA) is 20.3 Å². The van der Waals surface area contributed by atoms with E-state index in [9.17, 15) is 4.79 Å². The van der Waals surface area contributed by atoms with Crippen molar-refractivity contribution in [3.63, 3.8) is 0 Å². The van der Waals surface area contributed by atoms with Gasteiger partial charge in [-0.3, -0.25) is 4.79 Å². The minimum atomic E-state index is 0.0434. The first-order chi connectivity index (χ1) is 9.58. The van der Waals surface area contributed by atoms with Crippen molar-refractivity contribution in [1.82, 2.24) is 0 Å². The molecule has 0 N–H and O–H groups in total. The Morgan fingerprint density at radius 3 is 2.70 bits per heavy atom. The van der Waals surface area contributed by atoms with Gasteiger partial charge in [-0.05, 0) is 59.1 Å². The third kappa shape index (κ3) is 2.31. The highest BCUT2D eigenvalue weighted by Gasteiger charge is 2.31. The standard InChI is InChI=1S/C16H13Br2NO/c1-10-8-11-4-2-3-5-15(11)19(10)16(20)13-7-6-12(17)9-14(13)18/h2-7,9-10H,8H2,1H3. The molecule has 1 atom stereocenters. The van der Waals surface area contributed by atoms with Crippen LogP contribution in [-0.4, -0.2) is 11.9 Å². The van der Waals surface area contributed by atoms with Crippen LogP contribution in [0.1, 0.15) is 22.8 Å².